The van der Waals surface area contributed by atoms with Crippen molar-refractivity contribution < 1.29 is 9.84 Å². The number of nitrogens with zero attached hydrogens (tertiary/aromatic N) is 1. The quantitative estimate of drug-likeness (QED) is 0.191. The fraction of sp³-hybridized carbons (Fsp3) is 0.632. The summed E-state index contributed by atoms with van der Waals surface area (Å²) in [6, 6.07) is 7.38. The third-order valence-electron chi connectivity index (χ3n) is 3.57. The van der Waals surface area contributed by atoms with Crippen molar-refractivity contribution in [1.29, 1.82) is 0 Å². The van der Waals surface area contributed by atoms with Crippen LogP contribution in [0.1, 0.15) is 45.1 Å². The van der Waals surface area contributed by atoms with Crippen LogP contribution in [0.3, 0.4) is 0 Å². The molecule has 0 unspecified atom stereocenters. The Bertz CT molecular complexity index is 452. The van der Waals surface area contributed by atoms with Gasteiger partial charge in [-0.3, -0.25) is 4.99 Å². The number of hydrogen-bond acceptors (Lipinski definition) is 3. The maximum Gasteiger partial charge on any atom is 0.191 e. The fourth-order valence-electron chi connectivity index (χ4n) is 2.21. The van der Waals surface area contributed by atoms with Gasteiger partial charge in [0.25, 0.3) is 0 Å². The number of aryl methyl sites for hydroxylation is 1. The van der Waals surface area contributed by atoms with Crippen molar-refractivity contribution in [1.82, 2.24) is 10.6 Å². The molecule has 0 fully saturated rings. The van der Waals surface area contributed by atoms with Crippen molar-refractivity contribution in [3.8, 4) is 5.75 Å². The van der Waals surface area contributed by atoms with E-state index in [-0.39, 0.29) is 24.0 Å². The summed E-state index contributed by atoms with van der Waals surface area (Å²) in [4.78, 5) is 4.60. The summed E-state index contributed by atoms with van der Waals surface area (Å²) in [5.74, 6) is 1.19. The lowest BCUT2D eigenvalue weighted by Crippen LogP contribution is -2.38. The minimum Gasteiger partial charge on any atom is -0.508 e. The van der Waals surface area contributed by atoms with Gasteiger partial charge in [0.2, 0.25) is 0 Å². The number of ether oxygens (including phenoxy) is 1. The summed E-state index contributed by atoms with van der Waals surface area (Å²) in [6.07, 6.45) is 5.26. The molecule has 6 heteroatoms. The number of benzene rings is 1. The van der Waals surface area contributed by atoms with E-state index in [1.807, 2.05) is 12.1 Å². The molecule has 0 atom stereocenters. The average molecular weight is 463 g/mol. The molecule has 1 aromatic carbocycles. The van der Waals surface area contributed by atoms with Gasteiger partial charge in [0.15, 0.2) is 5.96 Å². The predicted octanol–water partition coefficient (Wildman–Crippen LogP) is 3.70. The molecule has 0 bridgehead atoms. The molecule has 0 spiro atoms. The summed E-state index contributed by atoms with van der Waals surface area (Å²) in [6.45, 7) is 8.42. The summed E-state index contributed by atoms with van der Waals surface area (Å²) in [7, 11) is 0. The highest BCUT2D eigenvalue weighted by Crippen LogP contribution is 2.10. The molecule has 3 N–H and O–H groups in total. The Balaban J connectivity index is 0.00000576. The summed E-state index contributed by atoms with van der Waals surface area (Å²) >= 11 is 0. The maximum atomic E-state index is 9.28. The monoisotopic (exact) mass is 463 g/mol. The molecule has 0 saturated carbocycles. The number of aromatic hydroxyl groups is 1. The lowest BCUT2D eigenvalue weighted by Gasteiger charge is -2.11. The third kappa shape index (κ3) is 12.9. The standard InChI is InChI=1S/C19H33N3O2.HI/c1-3-5-15-24-16-7-14-22-19(20-4-2)21-13-6-8-17-9-11-18(23)12-10-17;/h9-12,23H,3-8,13-16H2,1-2H3,(H2,20,21,22);1H. The van der Waals surface area contributed by atoms with Gasteiger partial charge in [-0.05, 0) is 50.3 Å². The molecule has 1 aromatic rings. The van der Waals surface area contributed by atoms with Crippen LogP contribution >= 0.6 is 24.0 Å². The van der Waals surface area contributed by atoms with E-state index in [2.05, 4.69) is 29.5 Å². The number of halogens is 1. The van der Waals surface area contributed by atoms with E-state index in [4.69, 9.17) is 4.74 Å². The molecule has 5 nitrogen and oxygen atoms in total. The largest absolute Gasteiger partial charge is 0.508 e. The van der Waals surface area contributed by atoms with E-state index < -0.39 is 0 Å². The highest BCUT2D eigenvalue weighted by atomic mass is 127. The maximum absolute atomic E-state index is 9.28. The summed E-state index contributed by atoms with van der Waals surface area (Å²) in [5, 5.41) is 15.9. The van der Waals surface area contributed by atoms with Gasteiger partial charge in [0.1, 0.15) is 5.75 Å². The van der Waals surface area contributed by atoms with Crippen molar-refractivity contribution in [3.05, 3.63) is 29.8 Å². The van der Waals surface area contributed by atoms with E-state index in [9.17, 15) is 5.11 Å². The van der Waals surface area contributed by atoms with Gasteiger partial charge in [-0.1, -0.05) is 25.5 Å². The first-order valence-electron chi connectivity index (χ1n) is 9.14. The Morgan fingerprint density at radius 1 is 1.04 bits per heavy atom. The molecule has 25 heavy (non-hydrogen) atoms. The smallest absolute Gasteiger partial charge is 0.191 e. The van der Waals surface area contributed by atoms with Crippen molar-refractivity contribution in [3.63, 3.8) is 0 Å². The topological polar surface area (TPSA) is 65.9 Å². The molecule has 144 valence electrons. The van der Waals surface area contributed by atoms with Gasteiger partial charge in [-0.25, -0.2) is 0 Å². The Kier molecular flexibility index (Phi) is 15.8. The molecular weight excluding hydrogens is 429 g/mol. The van der Waals surface area contributed by atoms with Gasteiger partial charge in [-0.2, -0.15) is 0 Å². The van der Waals surface area contributed by atoms with Gasteiger partial charge >= 0.3 is 0 Å². The molecule has 1 rings (SSSR count). The van der Waals surface area contributed by atoms with Crippen LogP contribution in [0, 0.1) is 0 Å². The molecule has 0 aromatic heterocycles. The van der Waals surface area contributed by atoms with E-state index in [0.717, 1.165) is 64.5 Å². The van der Waals surface area contributed by atoms with E-state index in [1.165, 1.54) is 12.0 Å². The van der Waals surface area contributed by atoms with E-state index in [1.54, 1.807) is 12.1 Å². The highest BCUT2D eigenvalue weighted by Gasteiger charge is 1.98. The van der Waals surface area contributed by atoms with Gasteiger partial charge in [0, 0.05) is 32.8 Å². The normalized spacial score (nSPS) is 11.0. The van der Waals surface area contributed by atoms with Crippen LogP contribution in [0.15, 0.2) is 29.3 Å². The third-order valence-corrected chi connectivity index (χ3v) is 3.57. The number of rotatable bonds is 12. The van der Waals surface area contributed by atoms with Gasteiger partial charge < -0.3 is 20.5 Å². The zero-order valence-corrected chi connectivity index (χ0v) is 17.9. The Hall–Kier alpha value is -1.02. The van der Waals surface area contributed by atoms with Crippen LogP contribution in [-0.4, -0.2) is 43.9 Å². The average Bonchev–Trinajstić information content (AvgIpc) is 2.59. The van der Waals surface area contributed by atoms with Gasteiger partial charge in [0.05, 0.1) is 0 Å². The number of phenols is 1. The minimum absolute atomic E-state index is 0. The lowest BCUT2D eigenvalue weighted by molar-refractivity contribution is 0.129. The van der Waals surface area contributed by atoms with Crippen molar-refractivity contribution in [2.75, 3.05) is 32.8 Å². The van der Waals surface area contributed by atoms with Crippen molar-refractivity contribution in [2.45, 2.75) is 46.0 Å². The van der Waals surface area contributed by atoms with Crippen LogP contribution in [0.25, 0.3) is 0 Å². The molecule has 0 radical (unpaired) electrons. The number of hydrogen-bond donors (Lipinski definition) is 3. The first kappa shape index (κ1) is 24.0. The van der Waals surface area contributed by atoms with E-state index in [0.29, 0.717) is 5.75 Å². The number of aliphatic imine (C=N–C) groups is 1. The van der Waals surface area contributed by atoms with Crippen LogP contribution in [0.4, 0.5) is 0 Å². The number of nitrogens with one attached hydrogen (secondary N) is 2. The Labute approximate surface area is 169 Å². The Morgan fingerprint density at radius 3 is 2.44 bits per heavy atom. The summed E-state index contributed by atoms with van der Waals surface area (Å²) < 4.78 is 5.55. The lowest BCUT2D eigenvalue weighted by atomic mass is 10.1. The van der Waals surface area contributed by atoms with Crippen molar-refractivity contribution in [2.24, 2.45) is 4.99 Å². The second-order valence-electron chi connectivity index (χ2n) is 5.78. The van der Waals surface area contributed by atoms with Crippen LogP contribution < -0.4 is 10.6 Å². The highest BCUT2D eigenvalue weighted by molar-refractivity contribution is 14.0. The first-order chi connectivity index (χ1) is 11.8. The predicted molar refractivity (Wildman–Crippen MR) is 116 cm³/mol. The molecule has 0 aliphatic carbocycles. The summed E-state index contributed by atoms with van der Waals surface area (Å²) in [5.41, 5.74) is 1.23. The molecule has 0 heterocycles. The number of phenolic OH excluding ortho intramolecular Hbond substituents is 1. The molecule has 0 aliphatic heterocycles. The molecular formula is C19H34IN3O2. The molecule has 0 saturated heterocycles. The van der Waals surface area contributed by atoms with E-state index >= 15 is 0 Å². The fourth-order valence-corrected chi connectivity index (χ4v) is 2.21. The number of guanidine groups is 1. The van der Waals surface area contributed by atoms with Crippen LogP contribution in [-0.2, 0) is 11.2 Å². The zero-order valence-electron chi connectivity index (χ0n) is 15.6. The second-order valence-corrected chi connectivity index (χ2v) is 5.78. The Morgan fingerprint density at radius 2 is 1.76 bits per heavy atom. The zero-order chi connectivity index (χ0) is 17.5. The van der Waals surface area contributed by atoms with Crippen molar-refractivity contribution >= 4 is 29.9 Å². The SMILES string of the molecule is CCCCOCCCNC(=NCCCc1ccc(O)cc1)NCC.I. The molecule has 0 aliphatic rings. The minimum atomic E-state index is 0. The van der Waals surface area contributed by atoms with Gasteiger partial charge in [-0.15, -0.1) is 24.0 Å². The second kappa shape index (κ2) is 16.4. The van der Waals surface area contributed by atoms with Crippen LogP contribution in [0.5, 0.6) is 5.75 Å². The number of unbranched alkanes of at least 4 members (excludes halogenated alkanes) is 1. The first-order valence-corrected chi connectivity index (χ1v) is 9.14. The molecule has 0 amide bonds. The van der Waals surface area contributed by atoms with Crippen LogP contribution in [0.2, 0.25) is 0 Å².